The topological polar surface area (TPSA) is 114 Å². The normalized spacial score (nSPS) is 21.0. The van der Waals surface area contributed by atoms with Crippen LogP contribution in [0.1, 0.15) is 10.4 Å². The van der Waals surface area contributed by atoms with E-state index in [1.54, 1.807) is 24.3 Å². The summed E-state index contributed by atoms with van der Waals surface area (Å²) >= 11 is 0. The van der Waals surface area contributed by atoms with Crippen LogP contribution in [0.25, 0.3) is 0 Å². The lowest BCUT2D eigenvalue weighted by Crippen LogP contribution is -2.37. The van der Waals surface area contributed by atoms with E-state index in [4.69, 9.17) is 15.6 Å². The summed E-state index contributed by atoms with van der Waals surface area (Å²) in [6.07, 6.45) is 0. The lowest BCUT2D eigenvalue weighted by atomic mass is 10.0. The van der Waals surface area contributed by atoms with E-state index in [2.05, 4.69) is 10.6 Å². The predicted molar refractivity (Wildman–Crippen MR) is 76.8 cm³/mol. The zero-order valence-electron chi connectivity index (χ0n) is 11.5. The maximum Gasteiger partial charge on any atom is 0.251 e. The summed E-state index contributed by atoms with van der Waals surface area (Å²) in [5, 5.41) is 14.0. The van der Waals surface area contributed by atoms with Gasteiger partial charge in [0.1, 0.15) is 0 Å². The molecule has 7 heteroatoms. The van der Waals surface area contributed by atoms with Crippen LogP contribution in [0.2, 0.25) is 0 Å². The Bertz CT molecular complexity index is 503. The van der Waals surface area contributed by atoms with E-state index in [9.17, 15) is 9.59 Å². The lowest BCUT2D eigenvalue weighted by molar-refractivity contribution is -0.120. The van der Waals surface area contributed by atoms with Crippen molar-refractivity contribution in [2.75, 3.05) is 31.7 Å². The van der Waals surface area contributed by atoms with Crippen LogP contribution in [0.5, 0.6) is 0 Å². The summed E-state index contributed by atoms with van der Waals surface area (Å²) in [5.74, 6) is -0.803. The van der Waals surface area contributed by atoms with Gasteiger partial charge in [0.2, 0.25) is 5.91 Å². The highest BCUT2D eigenvalue weighted by Gasteiger charge is 2.31. The smallest absolute Gasteiger partial charge is 0.251 e. The molecule has 0 aliphatic carbocycles. The van der Waals surface area contributed by atoms with Crippen molar-refractivity contribution in [1.82, 2.24) is 5.32 Å². The standard InChI is InChI=1S/C14H19N3O4/c15-12-8-21-7-11(12)14(20)17-10-3-1-9(2-4-10)13(19)16-5-6-18/h1-4,11-12,18H,5-8,15H2,(H,16,19)(H,17,20). The molecule has 0 bridgehead atoms. The molecule has 1 saturated heterocycles. The molecular formula is C14H19N3O4. The Morgan fingerprint density at radius 2 is 2.00 bits per heavy atom. The Labute approximate surface area is 122 Å². The molecule has 7 nitrogen and oxygen atoms in total. The molecular weight excluding hydrogens is 274 g/mol. The minimum atomic E-state index is -0.350. The summed E-state index contributed by atoms with van der Waals surface area (Å²) in [6.45, 7) is 0.817. The van der Waals surface area contributed by atoms with E-state index in [-0.39, 0.29) is 36.9 Å². The number of aliphatic hydroxyl groups excluding tert-OH is 1. The van der Waals surface area contributed by atoms with Crippen LogP contribution in [0.15, 0.2) is 24.3 Å². The number of anilines is 1. The van der Waals surface area contributed by atoms with Gasteiger partial charge in [-0.15, -0.1) is 0 Å². The van der Waals surface area contributed by atoms with Crippen LogP contribution < -0.4 is 16.4 Å². The molecule has 1 aliphatic heterocycles. The second kappa shape index (κ2) is 7.16. The second-order valence-corrected chi connectivity index (χ2v) is 4.85. The van der Waals surface area contributed by atoms with Gasteiger partial charge in [-0.25, -0.2) is 0 Å². The number of nitrogens with one attached hydrogen (secondary N) is 2. The SMILES string of the molecule is NC1COCC1C(=O)Nc1ccc(C(=O)NCCO)cc1. The van der Waals surface area contributed by atoms with Crippen LogP contribution in [-0.2, 0) is 9.53 Å². The average Bonchev–Trinajstić information content (AvgIpc) is 2.91. The van der Waals surface area contributed by atoms with Crippen molar-refractivity contribution in [3.8, 4) is 0 Å². The fourth-order valence-electron chi connectivity index (χ4n) is 2.05. The molecule has 1 aromatic carbocycles. The number of ether oxygens (including phenoxy) is 1. The van der Waals surface area contributed by atoms with Gasteiger partial charge in [0, 0.05) is 23.8 Å². The first-order valence-corrected chi connectivity index (χ1v) is 6.75. The van der Waals surface area contributed by atoms with Gasteiger partial charge in [0.05, 0.1) is 25.7 Å². The number of rotatable bonds is 5. The predicted octanol–water partition coefficient (Wildman–Crippen LogP) is -0.679. The molecule has 0 saturated carbocycles. The van der Waals surface area contributed by atoms with Crippen LogP contribution in [0, 0.1) is 5.92 Å². The fourth-order valence-corrected chi connectivity index (χ4v) is 2.05. The first-order valence-electron chi connectivity index (χ1n) is 6.75. The van der Waals surface area contributed by atoms with Crippen molar-refractivity contribution in [2.45, 2.75) is 6.04 Å². The summed E-state index contributed by atoms with van der Waals surface area (Å²) < 4.78 is 5.16. The molecule has 1 heterocycles. The number of hydrogen-bond acceptors (Lipinski definition) is 5. The molecule has 1 fully saturated rings. The van der Waals surface area contributed by atoms with Gasteiger partial charge in [-0.3, -0.25) is 9.59 Å². The first kappa shape index (κ1) is 15.4. The average molecular weight is 293 g/mol. The fraction of sp³-hybridized carbons (Fsp3) is 0.429. The molecule has 2 atom stereocenters. The van der Waals surface area contributed by atoms with E-state index < -0.39 is 0 Å². The molecule has 0 aromatic heterocycles. The first-order chi connectivity index (χ1) is 10.1. The van der Waals surface area contributed by atoms with Gasteiger partial charge in [0.25, 0.3) is 5.91 Å². The molecule has 21 heavy (non-hydrogen) atoms. The van der Waals surface area contributed by atoms with Crippen molar-refractivity contribution in [1.29, 1.82) is 0 Å². The van der Waals surface area contributed by atoms with Crippen molar-refractivity contribution >= 4 is 17.5 Å². The van der Waals surface area contributed by atoms with Crippen molar-refractivity contribution in [3.63, 3.8) is 0 Å². The van der Waals surface area contributed by atoms with Crippen molar-refractivity contribution < 1.29 is 19.4 Å². The summed E-state index contributed by atoms with van der Waals surface area (Å²) in [6, 6.07) is 6.22. The minimum absolute atomic E-state index is 0.108. The highest BCUT2D eigenvalue weighted by molar-refractivity contribution is 5.96. The van der Waals surface area contributed by atoms with Crippen LogP contribution in [0.3, 0.4) is 0 Å². The van der Waals surface area contributed by atoms with Crippen molar-refractivity contribution in [2.24, 2.45) is 11.7 Å². The number of carbonyl (C=O) groups is 2. The molecule has 2 unspecified atom stereocenters. The van der Waals surface area contributed by atoms with Crippen LogP contribution in [-0.4, -0.2) is 49.3 Å². The maximum absolute atomic E-state index is 12.0. The lowest BCUT2D eigenvalue weighted by Gasteiger charge is -2.13. The third kappa shape index (κ3) is 4.01. The molecule has 0 spiro atoms. The zero-order valence-corrected chi connectivity index (χ0v) is 11.5. The Kier molecular flexibility index (Phi) is 5.26. The van der Waals surface area contributed by atoms with Gasteiger partial charge < -0.3 is 26.2 Å². The minimum Gasteiger partial charge on any atom is -0.395 e. The second-order valence-electron chi connectivity index (χ2n) is 4.85. The molecule has 1 aliphatic rings. The number of hydrogen-bond donors (Lipinski definition) is 4. The van der Waals surface area contributed by atoms with Gasteiger partial charge in [0.15, 0.2) is 0 Å². The molecule has 0 radical (unpaired) electrons. The monoisotopic (exact) mass is 293 g/mol. The van der Waals surface area contributed by atoms with Gasteiger partial charge in [-0.05, 0) is 24.3 Å². The molecule has 114 valence electrons. The highest BCUT2D eigenvalue weighted by atomic mass is 16.5. The number of nitrogens with two attached hydrogens (primary N) is 1. The maximum atomic E-state index is 12.0. The van der Waals surface area contributed by atoms with E-state index in [0.717, 1.165) is 0 Å². The summed E-state index contributed by atoms with van der Waals surface area (Å²) in [5.41, 5.74) is 6.84. The van der Waals surface area contributed by atoms with Crippen molar-refractivity contribution in [3.05, 3.63) is 29.8 Å². The quantitative estimate of drug-likeness (QED) is 0.574. The Morgan fingerprint density at radius 1 is 1.29 bits per heavy atom. The Hall–Kier alpha value is -1.96. The van der Waals surface area contributed by atoms with Crippen LogP contribution in [0.4, 0.5) is 5.69 Å². The van der Waals surface area contributed by atoms with E-state index in [0.29, 0.717) is 24.5 Å². The van der Waals surface area contributed by atoms with Gasteiger partial charge in [-0.1, -0.05) is 0 Å². The van der Waals surface area contributed by atoms with Gasteiger partial charge >= 0.3 is 0 Å². The van der Waals surface area contributed by atoms with E-state index >= 15 is 0 Å². The summed E-state index contributed by atoms with van der Waals surface area (Å²) in [7, 11) is 0. The number of carbonyl (C=O) groups excluding carboxylic acids is 2. The molecule has 1 aromatic rings. The van der Waals surface area contributed by atoms with E-state index in [1.165, 1.54) is 0 Å². The summed E-state index contributed by atoms with van der Waals surface area (Å²) in [4.78, 5) is 23.7. The third-order valence-corrected chi connectivity index (χ3v) is 3.27. The Morgan fingerprint density at radius 3 is 2.57 bits per heavy atom. The molecule has 2 rings (SSSR count). The zero-order chi connectivity index (χ0) is 15.2. The molecule has 5 N–H and O–H groups in total. The number of aliphatic hydroxyl groups is 1. The van der Waals surface area contributed by atoms with Gasteiger partial charge in [-0.2, -0.15) is 0 Å². The largest absolute Gasteiger partial charge is 0.395 e. The number of benzene rings is 1. The molecule has 2 amide bonds. The highest BCUT2D eigenvalue weighted by Crippen LogP contribution is 2.16. The Balaban J connectivity index is 1.93. The third-order valence-electron chi connectivity index (χ3n) is 3.27. The van der Waals surface area contributed by atoms with E-state index in [1.807, 2.05) is 0 Å². The van der Waals surface area contributed by atoms with Crippen LogP contribution >= 0.6 is 0 Å². The number of amides is 2.